The van der Waals surface area contributed by atoms with Crippen molar-refractivity contribution in [3.8, 4) is 0 Å². The summed E-state index contributed by atoms with van der Waals surface area (Å²) in [5, 5.41) is 15.0. The predicted molar refractivity (Wildman–Crippen MR) is 94.7 cm³/mol. The summed E-state index contributed by atoms with van der Waals surface area (Å²) >= 11 is 2.80. The van der Waals surface area contributed by atoms with Crippen LogP contribution in [0.15, 0.2) is 28.6 Å². The third-order valence-electron chi connectivity index (χ3n) is 3.70. The lowest BCUT2D eigenvalue weighted by molar-refractivity contribution is -0.120. The van der Waals surface area contributed by atoms with E-state index in [1.807, 2.05) is 18.2 Å². The van der Waals surface area contributed by atoms with Crippen LogP contribution in [0.2, 0.25) is 0 Å². The second-order valence-electron chi connectivity index (χ2n) is 5.63. The first kappa shape index (κ1) is 15.4. The minimum atomic E-state index is -0.182. The van der Waals surface area contributed by atoms with E-state index in [4.69, 9.17) is 0 Å². The summed E-state index contributed by atoms with van der Waals surface area (Å²) in [5.41, 5.74) is 1.40. The molecule has 1 aromatic carbocycles. The van der Waals surface area contributed by atoms with Crippen molar-refractivity contribution in [2.24, 2.45) is 0 Å². The molecule has 1 fully saturated rings. The smallest absolute Gasteiger partial charge is 0.244 e. The molecule has 9 heteroatoms. The highest BCUT2D eigenvalue weighted by molar-refractivity contribution is 8.01. The van der Waals surface area contributed by atoms with E-state index in [9.17, 15) is 9.59 Å². The second kappa shape index (κ2) is 6.40. The fourth-order valence-electron chi connectivity index (χ4n) is 2.39. The SMILES string of the molecule is O=C1CN(C(=O)CSc2nnc(NC3CC3)s2)c2ccccc2N1. The van der Waals surface area contributed by atoms with E-state index in [-0.39, 0.29) is 24.1 Å². The summed E-state index contributed by atoms with van der Waals surface area (Å²) in [5.74, 6) is -0.0762. The molecule has 0 bridgehead atoms. The fourth-order valence-corrected chi connectivity index (χ4v) is 4.09. The first-order chi connectivity index (χ1) is 11.7. The number of benzene rings is 1. The van der Waals surface area contributed by atoms with Crippen LogP contribution in [-0.2, 0) is 9.59 Å². The number of hydrogen-bond acceptors (Lipinski definition) is 7. The Morgan fingerprint density at radius 2 is 2.21 bits per heavy atom. The Bertz CT molecular complexity index is 790. The maximum atomic E-state index is 12.5. The van der Waals surface area contributed by atoms with Gasteiger partial charge in [0.15, 0.2) is 4.34 Å². The quantitative estimate of drug-likeness (QED) is 0.794. The molecule has 0 spiro atoms. The zero-order valence-electron chi connectivity index (χ0n) is 12.7. The summed E-state index contributed by atoms with van der Waals surface area (Å²) in [6.45, 7) is 0.0427. The third-order valence-corrected chi connectivity index (χ3v) is 5.67. The Kier molecular flexibility index (Phi) is 4.11. The number of fused-ring (bicyclic) bond motifs is 1. The summed E-state index contributed by atoms with van der Waals surface area (Å²) in [6, 6.07) is 7.84. The molecular weight excluding hydrogens is 346 g/mol. The van der Waals surface area contributed by atoms with Crippen LogP contribution in [0.5, 0.6) is 0 Å². The normalized spacial score (nSPS) is 16.5. The van der Waals surface area contributed by atoms with Crippen molar-refractivity contribution in [3.63, 3.8) is 0 Å². The predicted octanol–water partition coefficient (Wildman–Crippen LogP) is 2.19. The average Bonchev–Trinajstić information content (AvgIpc) is 3.28. The van der Waals surface area contributed by atoms with Gasteiger partial charge in [0.1, 0.15) is 6.54 Å². The van der Waals surface area contributed by atoms with Crippen molar-refractivity contribution in [1.29, 1.82) is 0 Å². The first-order valence-corrected chi connectivity index (χ1v) is 9.41. The molecule has 0 saturated heterocycles. The van der Waals surface area contributed by atoms with Crippen molar-refractivity contribution in [2.75, 3.05) is 27.8 Å². The number of hydrogen-bond donors (Lipinski definition) is 2. The van der Waals surface area contributed by atoms with Crippen molar-refractivity contribution >= 4 is 51.4 Å². The van der Waals surface area contributed by atoms with Gasteiger partial charge >= 0.3 is 0 Å². The molecule has 24 heavy (non-hydrogen) atoms. The molecule has 4 rings (SSSR count). The second-order valence-corrected chi connectivity index (χ2v) is 7.83. The van der Waals surface area contributed by atoms with Gasteiger partial charge in [0.25, 0.3) is 0 Å². The molecule has 1 aliphatic carbocycles. The van der Waals surface area contributed by atoms with E-state index in [2.05, 4.69) is 20.8 Å². The highest BCUT2D eigenvalue weighted by atomic mass is 32.2. The van der Waals surface area contributed by atoms with E-state index >= 15 is 0 Å². The number of aromatic nitrogens is 2. The van der Waals surface area contributed by atoms with Gasteiger partial charge in [-0.3, -0.25) is 9.59 Å². The number of nitrogens with zero attached hydrogens (tertiary/aromatic N) is 3. The highest BCUT2D eigenvalue weighted by Gasteiger charge is 2.27. The molecule has 2 heterocycles. The summed E-state index contributed by atoms with van der Waals surface area (Å²) in [7, 11) is 0. The van der Waals surface area contributed by atoms with Gasteiger partial charge in [-0.1, -0.05) is 35.2 Å². The van der Waals surface area contributed by atoms with E-state index in [0.717, 1.165) is 15.2 Å². The van der Waals surface area contributed by atoms with Crippen LogP contribution in [0, 0.1) is 0 Å². The lowest BCUT2D eigenvalue weighted by Crippen LogP contribution is -2.43. The molecule has 2 N–H and O–H groups in total. The minimum Gasteiger partial charge on any atom is -0.357 e. The minimum absolute atomic E-state index is 0.0427. The van der Waals surface area contributed by atoms with E-state index < -0.39 is 0 Å². The maximum Gasteiger partial charge on any atom is 0.244 e. The zero-order chi connectivity index (χ0) is 16.5. The van der Waals surface area contributed by atoms with Crippen molar-refractivity contribution < 1.29 is 9.59 Å². The summed E-state index contributed by atoms with van der Waals surface area (Å²) in [6.07, 6.45) is 2.36. The van der Waals surface area contributed by atoms with Crippen LogP contribution in [0.4, 0.5) is 16.5 Å². The van der Waals surface area contributed by atoms with Crippen LogP contribution in [0.3, 0.4) is 0 Å². The Hall–Kier alpha value is -2.13. The number of nitrogens with one attached hydrogen (secondary N) is 2. The molecule has 0 radical (unpaired) electrons. The lowest BCUT2D eigenvalue weighted by atomic mass is 10.2. The Labute approximate surface area is 146 Å². The number of anilines is 3. The Morgan fingerprint density at radius 3 is 3.04 bits per heavy atom. The molecule has 0 atom stereocenters. The molecule has 124 valence electrons. The fraction of sp³-hybridized carbons (Fsp3) is 0.333. The molecule has 2 amide bonds. The van der Waals surface area contributed by atoms with Crippen LogP contribution in [0.1, 0.15) is 12.8 Å². The topological polar surface area (TPSA) is 87.2 Å². The van der Waals surface area contributed by atoms with Gasteiger partial charge in [0, 0.05) is 6.04 Å². The molecule has 0 unspecified atom stereocenters. The maximum absolute atomic E-state index is 12.5. The number of rotatable bonds is 5. The molecule has 2 aliphatic rings. The molecule has 1 aliphatic heterocycles. The lowest BCUT2D eigenvalue weighted by Gasteiger charge is -2.28. The van der Waals surface area contributed by atoms with Crippen LogP contribution >= 0.6 is 23.1 Å². The number of carbonyl (C=O) groups excluding carboxylic acids is 2. The number of para-hydroxylation sites is 2. The third kappa shape index (κ3) is 3.36. The van der Waals surface area contributed by atoms with Gasteiger partial charge in [-0.2, -0.15) is 0 Å². The number of carbonyl (C=O) groups is 2. The zero-order valence-corrected chi connectivity index (χ0v) is 14.3. The van der Waals surface area contributed by atoms with E-state index in [1.54, 1.807) is 6.07 Å². The summed E-state index contributed by atoms with van der Waals surface area (Å²) < 4.78 is 0.751. The van der Waals surface area contributed by atoms with Gasteiger partial charge in [0.05, 0.1) is 17.1 Å². The van der Waals surface area contributed by atoms with Gasteiger partial charge in [-0.15, -0.1) is 10.2 Å². The van der Waals surface area contributed by atoms with Crippen LogP contribution in [0.25, 0.3) is 0 Å². The van der Waals surface area contributed by atoms with E-state index in [0.29, 0.717) is 11.7 Å². The number of amides is 2. The Morgan fingerprint density at radius 1 is 1.38 bits per heavy atom. The number of thioether (sulfide) groups is 1. The molecule has 1 aromatic heterocycles. The Balaban J connectivity index is 1.40. The van der Waals surface area contributed by atoms with Crippen molar-refractivity contribution in [3.05, 3.63) is 24.3 Å². The van der Waals surface area contributed by atoms with Crippen molar-refractivity contribution in [1.82, 2.24) is 10.2 Å². The average molecular weight is 361 g/mol. The molecule has 1 saturated carbocycles. The van der Waals surface area contributed by atoms with Gasteiger partial charge in [-0.05, 0) is 25.0 Å². The van der Waals surface area contributed by atoms with Crippen LogP contribution in [-0.4, -0.2) is 40.4 Å². The molecule has 7 nitrogen and oxygen atoms in total. The molecule has 2 aromatic rings. The van der Waals surface area contributed by atoms with Crippen molar-refractivity contribution in [2.45, 2.75) is 23.2 Å². The van der Waals surface area contributed by atoms with Gasteiger partial charge in [0.2, 0.25) is 16.9 Å². The van der Waals surface area contributed by atoms with Gasteiger partial charge in [-0.25, -0.2) is 0 Å². The molecular formula is C15H15N5O2S2. The van der Waals surface area contributed by atoms with E-state index in [1.165, 1.54) is 40.8 Å². The van der Waals surface area contributed by atoms with Gasteiger partial charge < -0.3 is 15.5 Å². The largest absolute Gasteiger partial charge is 0.357 e. The monoisotopic (exact) mass is 361 g/mol. The highest BCUT2D eigenvalue weighted by Crippen LogP contribution is 2.32. The summed E-state index contributed by atoms with van der Waals surface area (Å²) in [4.78, 5) is 25.8. The first-order valence-electron chi connectivity index (χ1n) is 7.61. The standard InChI is InChI=1S/C15H15N5O2S2/c21-12-7-20(11-4-2-1-3-10(11)17-12)13(22)8-23-15-19-18-14(24-15)16-9-5-6-9/h1-4,9H,5-8H2,(H,16,18)(H,17,21). The van der Waals surface area contributed by atoms with Crippen LogP contribution < -0.4 is 15.5 Å².